The maximum absolute atomic E-state index is 13.4. The Morgan fingerprint density at radius 1 is 0.769 bits per heavy atom. The number of carbonyl (C=O) groups excluding carboxylic acids is 2. The number of carbonyl (C=O) groups is 2. The minimum atomic E-state index is -1.17. The van der Waals surface area contributed by atoms with E-state index in [4.69, 9.17) is 0 Å². The SMILES string of the molecule is O=C(c1ccc(C2(C3CCCCCCCC3)NNc3ccccc32)cc1)N1CCN(C(=O)C2(O)CCC2)CC1. The molecule has 1 atom stereocenters. The van der Waals surface area contributed by atoms with Gasteiger partial charge in [-0.25, -0.2) is 5.43 Å². The number of aliphatic hydroxyl groups is 1. The lowest BCUT2D eigenvalue weighted by Gasteiger charge is -2.42. The summed E-state index contributed by atoms with van der Waals surface area (Å²) in [6.45, 7) is 1.94. The van der Waals surface area contributed by atoms with E-state index in [1.165, 1.54) is 62.5 Å². The quantitative estimate of drug-likeness (QED) is 0.528. The van der Waals surface area contributed by atoms with Gasteiger partial charge in [0.25, 0.3) is 11.8 Å². The van der Waals surface area contributed by atoms with Crippen LogP contribution >= 0.6 is 0 Å². The number of nitrogens with zero attached hydrogens (tertiary/aromatic N) is 2. The fourth-order valence-corrected chi connectivity index (χ4v) is 7.21. The molecular weight excluding hydrogens is 488 g/mol. The largest absolute Gasteiger partial charge is 0.380 e. The Labute approximate surface area is 231 Å². The maximum atomic E-state index is 13.4. The van der Waals surface area contributed by atoms with Gasteiger partial charge in [0, 0.05) is 37.3 Å². The van der Waals surface area contributed by atoms with E-state index in [9.17, 15) is 14.7 Å². The van der Waals surface area contributed by atoms with Crippen LogP contribution in [-0.2, 0) is 10.3 Å². The van der Waals surface area contributed by atoms with Crippen LogP contribution in [0.4, 0.5) is 5.69 Å². The van der Waals surface area contributed by atoms with Crippen LogP contribution < -0.4 is 10.9 Å². The van der Waals surface area contributed by atoms with Crippen LogP contribution in [0.5, 0.6) is 0 Å². The van der Waals surface area contributed by atoms with E-state index in [1.807, 2.05) is 17.0 Å². The van der Waals surface area contributed by atoms with Gasteiger partial charge in [-0.2, -0.15) is 0 Å². The molecule has 4 aliphatic rings. The van der Waals surface area contributed by atoms with E-state index in [2.05, 4.69) is 47.2 Å². The Balaban J connectivity index is 1.20. The molecule has 3 N–H and O–H groups in total. The number of fused-ring (bicyclic) bond motifs is 1. The van der Waals surface area contributed by atoms with E-state index in [0.29, 0.717) is 50.5 Å². The summed E-state index contributed by atoms with van der Waals surface area (Å²) in [6, 6.07) is 16.8. The molecule has 0 bridgehead atoms. The molecule has 0 radical (unpaired) electrons. The van der Waals surface area contributed by atoms with Crippen molar-refractivity contribution in [2.75, 3.05) is 31.6 Å². The van der Waals surface area contributed by atoms with Crippen molar-refractivity contribution in [2.45, 2.75) is 81.8 Å². The van der Waals surface area contributed by atoms with Gasteiger partial charge in [-0.1, -0.05) is 68.9 Å². The van der Waals surface area contributed by atoms with Crippen molar-refractivity contribution in [1.29, 1.82) is 0 Å². The summed E-state index contributed by atoms with van der Waals surface area (Å²) in [7, 11) is 0. The number of benzene rings is 2. The Bertz CT molecular complexity index is 1180. The summed E-state index contributed by atoms with van der Waals surface area (Å²) < 4.78 is 0. The van der Waals surface area contributed by atoms with Gasteiger partial charge in [-0.15, -0.1) is 0 Å². The number of piperazine rings is 1. The summed E-state index contributed by atoms with van der Waals surface area (Å²) in [4.78, 5) is 29.7. The van der Waals surface area contributed by atoms with Crippen LogP contribution in [0.25, 0.3) is 0 Å². The molecule has 3 fully saturated rings. The Morgan fingerprint density at radius 3 is 2.03 bits per heavy atom. The first-order chi connectivity index (χ1) is 19.0. The first-order valence-corrected chi connectivity index (χ1v) is 15.1. The van der Waals surface area contributed by atoms with Gasteiger partial charge in [0.15, 0.2) is 0 Å². The first-order valence-electron chi connectivity index (χ1n) is 15.1. The first kappa shape index (κ1) is 26.3. The highest BCUT2D eigenvalue weighted by molar-refractivity contribution is 5.94. The molecule has 1 unspecified atom stereocenters. The Kier molecular flexibility index (Phi) is 7.38. The number of amides is 2. The third-order valence-electron chi connectivity index (χ3n) is 9.73. The second-order valence-corrected chi connectivity index (χ2v) is 12.0. The van der Waals surface area contributed by atoms with Gasteiger partial charge in [0.1, 0.15) is 5.60 Å². The summed E-state index contributed by atoms with van der Waals surface area (Å²) in [5.41, 5.74) is 10.0. The van der Waals surface area contributed by atoms with Crippen LogP contribution in [0, 0.1) is 5.92 Å². The fraction of sp³-hybridized carbons (Fsp3) is 0.562. The molecule has 2 aromatic carbocycles. The maximum Gasteiger partial charge on any atom is 0.254 e. The van der Waals surface area contributed by atoms with Gasteiger partial charge in [-0.05, 0) is 61.8 Å². The number of hydrogen-bond acceptors (Lipinski definition) is 5. The molecule has 208 valence electrons. The van der Waals surface area contributed by atoms with Crippen molar-refractivity contribution in [3.63, 3.8) is 0 Å². The van der Waals surface area contributed by atoms with Crippen LogP contribution in [0.2, 0.25) is 0 Å². The number of para-hydroxylation sites is 1. The van der Waals surface area contributed by atoms with Crippen molar-refractivity contribution in [3.05, 3.63) is 65.2 Å². The lowest BCUT2D eigenvalue weighted by molar-refractivity contribution is -0.161. The molecule has 7 heteroatoms. The fourth-order valence-electron chi connectivity index (χ4n) is 7.21. The zero-order valence-corrected chi connectivity index (χ0v) is 23.0. The molecule has 2 aliphatic heterocycles. The molecule has 2 aromatic rings. The lowest BCUT2D eigenvalue weighted by Crippen LogP contribution is -2.58. The van der Waals surface area contributed by atoms with Crippen LogP contribution in [0.15, 0.2) is 48.5 Å². The summed E-state index contributed by atoms with van der Waals surface area (Å²) in [5, 5.41) is 10.4. The number of rotatable bonds is 4. The normalized spacial score (nSPS) is 25.5. The van der Waals surface area contributed by atoms with Crippen molar-refractivity contribution in [1.82, 2.24) is 15.2 Å². The average molecular weight is 531 g/mol. The van der Waals surface area contributed by atoms with Gasteiger partial charge < -0.3 is 20.3 Å². The molecule has 1 saturated heterocycles. The molecule has 7 nitrogen and oxygen atoms in total. The zero-order chi connectivity index (χ0) is 26.9. The molecule has 0 aromatic heterocycles. The Morgan fingerprint density at radius 2 is 1.38 bits per heavy atom. The van der Waals surface area contributed by atoms with E-state index in [1.54, 1.807) is 4.90 Å². The molecule has 0 spiro atoms. The smallest absolute Gasteiger partial charge is 0.254 e. The van der Waals surface area contributed by atoms with E-state index >= 15 is 0 Å². The van der Waals surface area contributed by atoms with Crippen LogP contribution in [-0.4, -0.2) is 58.5 Å². The number of anilines is 1. The zero-order valence-electron chi connectivity index (χ0n) is 23.0. The molecular formula is C32H42N4O3. The van der Waals surface area contributed by atoms with E-state index < -0.39 is 5.60 Å². The van der Waals surface area contributed by atoms with Crippen LogP contribution in [0.1, 0.15) is 92.1 Å². The molecule has 2 amide bonds. The highest BCUT2D eigenvalue weighted by Gasteiger charge is 2.47. The number of hydrazine groups is 1. The predicted molar refractivity (Wildman–Crippen MR) is 152 cm³/mol. The van der Waals surface area contributed by atoms with Crippen molar-refractivity contribution >= 4 is 17.5 Å². The Hall–Kier alpha value is -2.90. The van der Waals surface area contributed by atoms with Gasteiger partial charge in [0.05, 0.1) is 11.2 Å². The second-order valence-electron chi connectivity index (χ2n) is 12.0. The average Bonchev–Trinajstić information content (AvgIpc) is 3.41. The molecule has 2 heterocycles. The van der Waals surface area contributed by atoms with E-state index in [0.717, 1.165) is 12.1 Å². The summed E-state index contributed by atoms with van der Waals surface area (Å²) >= 11 is 0. The predicted octanol–water partition coefficient (Wildman–Crippen LogP) is 4.81. The number of hydrogen-bond donors (Lipinski definition) is 3. The van der Waals surface area contributed by atoms with Crippen molar-refractivity contribution < 1.29 is 14.7 Å². The summed E-state index contributed by atoms with van der Waals surface area (Å²) in [6.07, 6.45) is 12.1. The molecule has 39 heavy (non-hydrogen) atoms. The van der Waals surface area contributed by atoms with Crippen LogP contribution in [0.3, 0.4) is 0 Å². The minimum absolute atomic E-state index is 0.00500. The monoisotopic (exact) mass is 530 g/mol. The lowest BCUT2D eigenvalue weighted by atomic mass is 9.70. The van der Waals surface area contributed by atoms with Gasteiger partial charge in [-0.3, -0.25) is 9.59 Å². The minimum Gasteiger partial charge on any atom is -0.380 e. The van der Waals surface area contributed by atoms with Crippen molar-refractivity contribution in [2.24, 2.45) is 5.92 Å². The third kappa shape index (κ3) is 4.84. The van der Waals surface area contributed by atoms with Gasteiger partial charge in [0.2, 0.25) is 0 Å². The molecule has 2 saturated carbocycles. The molecule has 2 aliphatic carbocycles. The highest BCUT2D eigenvalue weighted by Crippen LogP contribution is 2.48. The highest BCUT2D eigenvalue weighted by atomic mass is 16.3. The van der Waals surface area contributed by atoms with E-state index in [-0.39, 0.29) is 17.4 Å². The number of nitrogens with one attached hydrogen (secondary N) is 2. The van der Waals surface area contributed by atoms with Gasteiger partial charge >= 0.3 is 0 Å². The third-order valence-corrected chi connectivity index (χ3v) is 9.73. The van der Waals surface area contributed by atoms with Crippen molar-refractivity contribution in [3.8, 4) is 0 Å². The topological polar surface area (TPSA) is 84.9 Å². The standard InChI is InChI=1S/C32H42N4O3/c37-29(35-20-22-36(23-21-35)30(38)31(39)18-9-19-31)24-14-16-26(17-15-24)32(25-10-5-3-1-2-4-6-11-25)27-12-7-8-13-28(27)33-34-32/h7-8,12-17,25,33-34,39H,1-6,9-11,18-23H2. The molecule has 6 rings (SSSR count). The summed E-state index contributed by atoms with van der Waals surface area (Å²) in [5.74, 6) is 0.299. The second kappa shape index (κ2) is 10.9.